The van der Waals surface area contributed by atoms with E-state index in [9.17, 15) is 0 Å². The molecule has 0 radical (unpaired) electrons. The molecule has 8 heteroatoms. The molecule has 4 nitrogen and oxygen atoms in total. The van der Waals surface area contributed by atoms with Gasteiger partial charge in [-0.15, -0.1) is 12.6 Å². The molecule has 0 heterocycles. The maximum atomic E-state index is 7.44. The highest BCUT2D eigenvalue weighted by Gasteiger charge is 2.05. The van der Waals surface area contributed by atoms with Crippen LogP contribution in [0.2, 0.25) is 0 Å². The number of hydrogen-bond acceptors (Lipinski definition) is 4. The number of thiocarbonyl (C=S) groups is 2. The summed E-state index contributed by atoms with van der Waals surface area (Å²) < 4.78 is 1.40. The predicted molar refractivity (Wildman–Crippen MR) is 99.8 cm³/mol. The van der Waals surface area contributed by atoms with E-state index >= 15 is 0 Å². The third-order valence-corrected chi connectivity index (χ3v) is 4.24. The van der Waals surface area contributed by atoms with E-state index in [2.05, 4.69) is 26.5 Å². The number of rotatable bonds is 2. The Morgan fingerprint density at radius 2 is 1.47 bits per heavy atom. The van der Waals surface area contributed by atoms with Crippen LogP contribution in [0.15, 0.2) is 0 Å². The number of hydrogen-bond donors (Lipinski definition) is 2. The maximum absolute atomic E-state index is 7.44. The Kier molecular flexibility index (Phi) is 13.1. The van der Waals surface area contributed by atoms with Crippen LogP contribution in [0.3, 0.4) is 0 Å². The van der Waals surface area contributed by atoms with E-state index in [1.54, 1.807) is 4.90 Å². The SMILES string of the molecule is CCN(CC)C(=S)S.CN(C)C(=N)SC(=S)N(C)C. The van der Waals surface area contributed by atoms with E-state index in [-0.39, 0.29) is 0 Å². The molecule has 0 aromatic rings. The van der Waals surface area contributed by atoms with Crippen molar-refractivity contribution in [2.24, 2.45) is 0 Å². The second-order valence-corrected chi connectivity index (χ2v) is 6.65. The summed E-state index contributed by atoms with van der Waals surface area (Å²) in [5, 5.41) is 7.90. The van der Waals surface area contributed by atoms with E-state index in [1.807, 2.05) is 38.0 Å². The summed E-state index contributed by atoms with van der Waals surface area (Å²) in [5.41, 5.74) is 0. The lowest BCUT2D eigenvalue weighted by atomic mass is 10.6. The summed E-state index contributed by atoms with van der Waals surface area (Å²) in [5.74, 6) is 0. The Balaban J connectivity index is 0. The van der Waals surface area contributed by atoms with Crippen LogP contribution < -0.4 is 0 Å². The molecule has 0 aliphatic heterocycles. The van der Waals surface area contributed by atoms with Crippen LogP contribution >= 0.6 is 48.8 Å². The van der Waals surface area contributed by atoms with Crippen molar-refractivity contribution in [3.63, 3.8) is 0 Å². The number of nitrogens with one attached hydrogen (secondary N) is 1. The van der Waals surface area contributed by atoms with Crippen LogP contribution in [0.4, 0.5) is 0 Å². The Morgan fingerprint density at radius 3 is 1.63 bits per heavy atom. The van der Waals surface area contributed by atoms with Crippen molar-refractivity contribution in [3.05, 3.63) is 0 Å². The molecule has 0 spiro atoms. The Bertz CT molecular complexity index is 283. The second-order valence-electron chi connectivity index (χ2n) is 3.92. The Morgan fingerprint density at radius 1 is 1.05 bits per heavy atom. The van der Waals surface area contributed by atoms with Gasteiger partial charge in [-0.3, -0.25) is 5.41 Å². The molecule has 0 saturated carbocycles. The zero-order valence-electron chi connectivity index (χ0n) is 12.4. The highest BCUT2D eigenvalue weighted by atomic mass is 32.2. The number of thioether (sulfide) groups is 1. The topological polar surface area (TPSA) is 33.6 Å². The molecule has 0 rings (SSSR count). The lowest BCUT2D eigenvalue weighted by Gasteiger charge is -2.16. The lowest BCUT2D eigenvalue weighted by Crippen LogP contribution is -2.24. The minimum Gasteiger partial charge on any atom is -0.363 e. The second kappa shape index (κ2) is 11.7. The molecular formula is C11H24N4S4. The van der Waals surface area contributed by atoms with Crippen LogP contribution in [-0.4, -0.2) is 69.8 Å². The molecule has 0 aliphatic carbocycles. The summed E-state index contributed by atoms with van der Waals surface area (Å²) in [6, 6.07) is 0. The lowest BCUT2D eigenvalue weighted by molar-refractivity contribution is 0.482. The maximum Gasteiger partial charge on any atom is 0.162 e. The number of amidine groups is 1. The molecule has 0 aromatic heterocycles. The summed E-state index contributed by atoms with van der Waals surface area (Å²) in [6.45, 7) is 6.04. The van der Waals surface area contributed by atoms with E-state index in [4.69, 9.17) is 29.8 Å². The monoisotopic (exact) mass is 340 g/mol. The van der Waals surface area contributed by atoms with Gasteiger partial charge in [-0.1, -0.05) is 24.4 Å². The van der Waals surface area contributed by atoms with Gasteiger partial charge in [0.2, 0.25) is 0 Å². The highest BCUT2D eigenvalue weighted by Crippen LogP contribution is 2.08. The summed E-state index contributed by atoms with van der Waals surface area (Å²) in [6.07, 6.45) is 0. The van der Waals surface area contributed by atoms with E-state index in [0.717, 1.165) is 13.1 Å². The van der Waals surface area contributed by atoms with Crippen LogP contribution in [0, 0.1) is 5.41 Å². The van der Waals surface area contributed by atoms with Crippen LogP contribution in [0.5, 0.6) is 0 Å². The van der Waals surface area contributed by atoms with Gasteiger partial charge in [-0.2, -0.15) is 0 Å². The molecule has 112 valence electrons. The van der Waals surface area contributed by atoms with Crippen molar-refractivity contribution < 1.29 is 0 Å². The Hall–Kier alpha value is -0.0500. The van der Waals surface area contributed by atoms with E-state index in [1.165, 1.54) is 11.8 Å². The van der Waals surface area contributed by atoms with Gasteiger partial charge in [-0.25, -0.2) is 0 Å². The molecule has 0 amide bonds. The van der Waals surface area contributed by atoms with Crippen LogP contribution in [0.1, 0.15) is 13.8 Å². The third kappa shape index (κ3) is 11.5. The molecule has 0 fully saturated rings. The first-order valence-electron chi connectivity index (χ1n) is 5.80. The van der Waals surface area contributed by atoms with Gasteiger partial charge in [0.1, 0.15) is 8.64 Å². The van der Waals surface area contributed by atoms with Crippen molar-refractivity contribution in [2.45, 2.75) is 13.8 Å². The average molecular weight is 341 g/mol. The smallest absolute Gasteiger partial charge is 0.162 e. The summed E-state index contributed by atoms with van der Waals surface area (Å²) >= 11 is 15.1. The first-order chi connectivity index (χ1) is 8.67. The first kappa shape index (κ1) is 21.3. The number of thiol groups is 1. The zero-order valence-corrected chi connectivity index (χ0v) is 15.8. The van der Waals surface area contributed by atoms with Crippen molar-refractivity contribution in [1.82, 2.24) is 14.7 Å². The fourth-order valence-corrected chi connectivity index (χ4v) is 2.07. The number of nitrogens with zero attached hydrogens (tertiary/aromatic N) is 3. The van der Waals surface area contributed by atoms with E-state index in [0.29, 0.717) is 13.8 Å². The molecular weight excluding hydrogens is 316 g/mol. The van der Waals surface area contributed by atoms with Crippen molar-refractivity contribution in [1.29, 1.82) is 5.41 Å². The molecule has 0 bridgehead atoms. The van der Waals surface area contributed by atoms with Crippen LogP contribution in [0.25, 0.3) is 0 Å². The molecule has 0 saturated heterocycles. The highest BCUT2D eigenvalue weighted by molar-refractivity contribution is 8.32. The van der Waals surface area contributed by atoms with Gasteiger partial charge < -0.3 is 14.7 Å². The Labute approximate surface area is 137 Å². The minimum absolute atomic E-state index is 0.462. The minimum atomic E-state index is 0.462. The standard InChI is InChI=1S/C6H13N3S2.C5H11NS2/c1-8(2)5(7)11-6(10)9(3)4;1-3-6(4-2)5(7)8/h7H,1-4H3;3-4H2,1-2H3,(H,7,8). The van der Waals surface area contributed by atoms with Gasteiger partial charge in [0.05, 0.1) is 0 Å². The fourth-order valence-electron chi connectivity index (χ4n) is 0.759. The molecule has 1 N–H and O–H groups in total. The van der Waals surface area contributed by atoms with Gasteiger partial charge in [0.15, 0.2) is 5.17 Å². The molecule has 0 aromatic carbocycles. The van der Waals surface area contributed by atoms with Crippen molar-refractivity contribution in [3.8, 4) is 0 Å². The van der Waals surface area contributed by atoms with Gasteiger partial charge >= 0.3 is 0 Å². The summed E-state index contributed by atoms with van der Waals surface area (Å²) in [4.78, 5) is 5.55. The van der Waals surface area contributed by atoms with E-state index < -0.39 is 0 Å². The summed E-state index contributed by atoms with van der Waals surface area (Å²) in [7, 11) is 7.40. The van der Waals surface area contributed by atoms with Gasteiger partial charge in [0, 0.05) is 41.3 Å². The van der Waals surface area contributed by atoms with Crippen LogP contribution in [-0.2, 0) is 0 Å². The van der Waals surface area contributed by atoms with Gasteiger partial charge in [-0.05, 0) is 25.6 Å². The largest absolute Gasteiger partial charge is 0.363 e. The predicted octanol–water partition coefficient (Wildman–Crippen LogP) is 2.61. The molecule has 0 aliphatic rings. The molecule has 0 unspecified atom stereocenters. The van der Waals surface area contributed by atoms with Crippen molar-refractivity contribution >= 4 is 62.6 Å². The van der Waals surface area contributed by atoms with Gasteiger partial charge in [0.25, 0.3) is 0 Å². The first-order valence-corrected chi connectivity index (χ1v) is 7.88. The third-order valence-electron chi connectivity index (χ3n) is 1.99. The zero-order chi connectivity index (χ0) is 15.6. The normalized spacial score (nSPS) is 9.00. The molecule has 0 atom stereocenters. The van der Waals surface area contributed by atoms with Crippen molar-refractivity contribution in [2.75, 3.05) is 41.3 Å². The fraction of sp³-hybridized carbons (Fsp3) is 0.727. The molecule has 19 heavy (non-hydrogen) atoms. The quantitative estimate of drug-likeness (QED) is 0.348. The average Bonchev–Trinajstić information content (AvgIpc) is 2.30.